The van der Waals surface area contributed by atoms with Gasteiger partial charge < -0.3 is 20.5 Å². The van der Waals surface area contributed by atoms with Crippen LogP contribution in [0.5, 0.6) is 0 Å². The molecule has 0 spiro atoms. The molecular weight excluding hydrogens is 420 g/mol. The molecule has 3 N–H and O–H groups in total. The molecule has 2 aliphatic carbocycles. The topological polar surface area (TPSA) is 105 Å². The normalized spacial score (nSPS) is 19.9. The van der Waals surface area contributed by atoms with Crippen molar-refractivity contribution in [3.05, 3.63) is 59.7 Å². The molecule has 2 aromatic carbocycles. The first-order chi connectivity index (χ1) is 15.9. The monoisotopic (exact) mass is 450 g/mol. The van der Waals surface area contributed by atoms with E-state index in [4.69, 9.17) is 9.84 Å². The predicted molar refractivity (Wildman–Crippen MR) is 124 cm³/mol. The number of carbonyl (C=O) groups excluding carboxylic acids is 2. The Labute approximate surface area is 193 Å². The average Bonchev–Trinajstić information content (AvgIpc) is 3.39. The maximum atomic E-state index is 12.5. The number of amides is 2. The van der Waals surface area contributed by atoms with E-state index in [0.717, 1.165) is 0 Å². The third kappa shape index (κ3) is 5.35. The molecule has 1 unspecified atom stereocenters. The lowest BCUT2D eigenvalue weighted by atomic mass is 9.98. The van der Waals surface area contributed by atoms with Crippen LogP contribution in [0.4, 0.5) is 4.79 Å². The fourth-order valence-corrected chi connectivity index (χ4v) is 4.93. The largest absolute Gasteiger partial charge is 0.481 e. The second-order valence-corrected chi connectivity index (χ2v) is 9.02. The number of aliphatic carboxylic acids is 1. The molecule has 2 amide bonds. The summed E-state index contributed by atoms with van der Waals surface area (Å²) >= 11 is 0. The van der Waals surface area contributed by atoms with Crippen LogP contribution in [0.3, 0.4) is 0 Å². The molecule has 33 heavy (non-hydrogen) atoms. The standard InChI is InChI=1S/C26H30N2O5/c1-16(10-13-24(29)30)27-25(31)17-11-12-18(14-17)28-26(32)33-15-23-21-8-4-2-6-19(21)20-7-3-5-9-22(20)23/h2-9,16-18,23H,10-15H2,1H3,(H,27,31)(H,28,32)(H,29,30)/t16?,17-,18+/m0/s1. The fraction of sp³-hybridized carbons (Fsp3) is 0.423. The van der Waals surface area contributed by atoms with Gasteiger partial charge in [-0.2, -0.15) is 0 Å². The number of nitrogens with one attached hydrogen (secondary N) is 2. The first-order valence-corrected chi connectivity index (χ1v) is 11.6. The van der Waals surface area contributed by atoms with Gasteiger partial charge in [0, 0.05) is 30.3 Å². The van der Waals surface area contributed by atoms with Crippen LogP contribution in [0.15, 0.2) is 48.5 Å². The molecule has 174 valence electrons. The summed E-state index contributed by atoms with van der Waals surface area (Å²) in [5.41, 5.74) is 4.70. The van der Waals surface area contributed by atoms with Gasteiger partial charge in [0.2, 0.25) is 5.91 Å². The van der Waals surface area contributed by atoms with E-state index in [1.807, 2.05) is 31.2 Å². The van der Waals surface area contributed by atoms with Crippen LogP contribution in [-0.2, 0) is 14.3 Å². The highest BCUT2D eigenvalue weighted by Gasteiger charge is 2.33. The van der Waals surface area contributed by atoms with Crippen molar-refractivity contribution in [1.82, 2.24) is 10.6 Å². The average molecular weight is 451 g/mol. The minimum Gasteiger partial charge on any atom is -0.481 e. The molecule has 4 rings (SSSR count). The molecule has 7 nitrogen and oxygen atoms in total. The number of hydrogen-bond acceptors (Lipinski definition) is 4. The van der Waals surface area contributed by atoms with Gasteiger partial charge >= 0.3 is 12.1 Å². The van der Waals surface area contributed by atoms with Gasteiger partial charge in [0.1, 0.15) is 6.61 Å². The molecule has 0 heterocycles. The van der Waals surface area contributed by atoms with Gasteiger partial charge in [0.15, 0.2) is 0 Å². The maximum absolute atomic E-state index is 12.5. The van der Waals surface area contributed by atoms with E-state index in [2.05, 4.69) is 34.9 Å². The van der Waals surface area contributed by atoms with Gasteiger partial charge in [0.05, 0.1) is 0 Å². The number of alkyl carbamates (subject to hydrolysis) is 1. The predicted octanol–water partition coefficient (Wildman–Crippen LogP) is 4.06. The number of ether oxygens (including phenoxy) is 1. The van der Waals surface area contributed by atoms with Crippen molar-refractivity contribution in [2.75, 3.05) is 6.61 Å². The Bertz CT molecular complexity index is 991. The third-order valence-electron chi connectivity index (χ3n) is 6.65. The third-order valence-corrected chi connectivity index (χ3v) is 6.65. The number of rotatable bonds is 8. The summed E-state index contributed by atoms with van der Waals surface area (Å²) in [5, 5.41) is 14.6. The zero-order valence-corrected chi connectivity index (χ0v) is 18.8. The second-order valence-electron chi connectivity index (χ2n) is 9.02. The Balaban J connectivity index is 1.26. The van der Waals surface area contributed by atoms with Gasteiger partial charge in [-0.05, 0) is 54.9 Å². The van der Waals surface area contributed by atoms with Gasteiger partial charge in [0.25, 0.3) is 0 Å². The number of fused-ring (bicyclic) bond motifs is 3. The van der Waals surface area contributed by atoms with Crippen molar-refractivity contribution in [3.8, 4) is 11.1 Å². The van der Waals surface area contributed by atoms with Crippen molar-refractivity contribution < 1.29 is 24.2 Å². The van der Waals surface area contributed by atoms with Crippen molar-refractivity contribution in [2.24, 2.45) is 5.92 Å². The molecule has 7 heteroatoms. The Morgan fingerprint density at radius 2 is 1.67 bits per heavy atom. The van der Waals surface area contributed by atoms with Gasteiger partial charge in [-0.1, -0.05) is 48.5 Å². The minimum atomic E-state index is -0.871. The number of carbonyl (C=O) groups is 3. The second kappa shape index (κ2) is 10.1. The molecule has 1 saturated carbocycles. The van der Waals surface area contributed by atoms with E-state index in [1.165, 1.54) is 22.3 Å². The van der Waals surface area contributed by atoms with E-state index in [9.17, 15) is 14.4 Å². The first kappa shape index (κ1) is 22.8. The molecule has 2 aromatic rings. The summed E-state index contributed by atoms with van der Waals surface area (Å²) in [7, 11) is 0. The Morgan fingerprint density at radius 1 is 1.03 bits per heavy atom. The maximum Gasteiger partial charge on any atom is 0.407 e. The lowest BCUT2D eigenvalue weighted by Crippen LogP contribution is -2.38. The molecule has 0 aliphatic heterocycles. The number of carboxylic acid groups (broad SMARTS) is 1. The van der Waals surface area contributed by atoms with Crippen LogP contribution in [-0.4, -0.2) is 41.8 Å². The lowest BCUT2D eigenvalue weighted by molar-refractivity contribution is -0.137. The van der Waals surface area contributed by atoms with Gasteiger partial charge in [-0.25, -0.2) is 4.79 Å². The number of hydrogen-bond donors (Lipinski definition) is 3. The van der Waals surface area contributed by atoms with Crippen molar-refractivity contribution in [1.29, 1.82) is 0 Å². The fourth-order valence-electron chi connectivity index (χ4n) is 4.93. The lowest BCUT2D eigenvalue weighted by Gasteiger charge is -2.18. The zero-order chi connectivity index (χ0) is 23.4. The highest BCUT2D eigenvalue weighted by molar-refractivity contribution is 5.80. The summed E-state index contributed by atoms with van der Waals surface area (Å²) < 4.78 is 5.61. The molecule has 0 bridgehead atoms. The van der Waals surface area contributed by atoms with Crippen LogP contribution in [0.25, 0.3) is 11.1 Å². The Kier molecular flexibility index (Phi) is 6.96. The summed E-state index contributed by atoms with van der Waals surface area (Å²) in [6.45, 7) is 2.07. The highest BCUT2D eigenvalue weighted by Crippen LogP contribution is 2.44. The Morgan fingerprint density at radius 3 is 2.30 bits per heavy atom. The molecule has 2 aliphatic rings. The molecule has 1 fully saturated rings. The molecule has 0 saturated heterocycles. The van der Waals surface area contributed by atoms with Crippen LogP contribution >= 0.6 is 0 Å². The van der Waals surface area contributed by atoms with Gasteiger partial charge in [-0.3, -0.25) is 9.59 Å². The summed E-state index contributed by atoms with van der Waals surface area (Å²) in [6.07, 6.45) is 1.92. The summed E-state index contributed by atoms with van der Waals surface area (Å²) in [6, 6.07) is 16.1. The zero-order valence-electron chi connectivity index (χ0n) is 18.8. The SMILES string of the molecule is CC(CCC(=O)O)NC(=O)[C@H]1CC[C@@H](NC(=O)OCC2c3ccccc3-c3ccccc32)C1. The van der Waals surface area contributed by atoms with Crippen molar-refractivity contribution in [3.63, 3.8) is 0 Å². The summed E-state index contributed by atoms with van der Waals surface area (Å²) in [4.78, 5) is 35.6. The molecular formula is C26H30N2O5. The van der Waals surface area contributed by atoms with Gasteiger partial charge in [-0.15, -0.1) is 0 Å². The van der Waals surface area contributed by atoms with Crippen LogP contribution < -0.4 is 10.6 Å². The Hall–Kier alpha value is -3.35. The number of benzene rings is 2. The van der Waals surface area contributed by atoms with Crippen LogP contribution in [0, 0.1) is 5.92 Å². The number of carboxylic acids is 1. The smallest absolute Gasteiger partial charge is 0.407 e. The van der Waals surface area contributed by atoms with Crippen LogP contribution in [0.2, 0.25) is 0 Å². The molecule has 0 aromatic heterocycles. The van der Waals surface area contributed by atoms with E-state index < -0.39 is 12.1 Å². The van der Waals surface area contributed by atoms with E-state index in [-0.39, 0.29) is 42.9 Å². The quantitative estimate of drug-likeness (QED) is 0.563. The van der Waals surface area contributed by atoms with E-state index in [0.29, 0.717) is 25.7 Å². The van der Waals surface area contributed by atoms with E-state index in [1.54, 1.807) is 0 Å². The molecule has 3 atom stereocenters. The summed E-state index contributed by atoms with van der Waals surface area (Å²) in [5.74, 6) is -1.12. The molecule has 0 radical (unpaired) electrons. The van der Waals surface area contributed by atoms with Crippen molar-refractivity contribution in [2.45, 2.75) is 57.0 Å². The van der Waals surface area contributed by atoms with Crippen molar-refractivity contribution >= 4 is 18.0 Å². The first-order valence-electron chi connectivity index (χ1n) is 11.6. The van der Waals surface area contributed by atoms with Crippen LogP contribution in [0.1, 0.15) is 56.1 Å². The minimum absolute atomic E-state index is 0.0116. The van der Waals surface area contributed by atoms with E-state index >= 15 is 0 Å². The highest BCUT2D eigenvalue weighted by atomic mass is 16.5.